The number of carbonyl (C=O) groups is 1. The van der Waals surface area contributed by atoms with Gasteiger partial charge in [-0.3, -0.25) is 0 Å². The highest BCUT2D eigenvalue weighted by Gasteiger charge is 2.28. The summed E-state index contributed by atoms with van der Waals surface area (Å²) in [4.78, 5) is 18.9. The molecule has 0 radical (unpaired) electrons. The molecule has 3 heterocycles. The maximum atomic E-state index is 12.7. The Morgan fingerprint density at radius 2 is 1.97 bits per heavy atom. The number of piperidine rings is 1. The van der Waals surface area contributed by atoms with Gasteiger partial charge in [-0.15, -0.1) is 0 Å². The van der Waals surface area contributed by atoms with E-state index >= 15 is 0 Å². The van der Waals surface area contributed by atoms with Crippen LogP contribution in [-0.4, -0.2) is 41.7 Å². The molecule has 6 heteroatoms. The van der Waals surface area contributed by atoms with Gasteiger partial charge in [0, 0.05) is 28.8 Å². The molecule has 6 nitrogen and oxygen atoms in total. The molecule has 2 aliphatic heterocycles. The Bertz CT molecular complexity index is 1090. The summed E-state index contributed by atoms with van der Waals surface area (Å²) >= 11 is 0. The van der Waals surface area contributed by atoms with E-state index in [4.69, 9.17) is 4.74 Å². The molecule has 3 N–H and O–H groups in total. The maximum Gasteiger partial charge on any atom is 0.323 e. The van der Waals surface area contributed by atoms with Crippen LogP contribution in [-0.2, 0) is 0 Å². The second-order valence-corrected chi connectivity index (χ2v) is 9.26. The molecule has 2 aromatic carbocycles. The lowest BCUT2D eigenvalue weighted by atomic mass is 9.90. The Morgan fingerprint density at radius 3 is 2.88 bits per heavy atom. The van der Waals surface area contributed by atoms with Crippen LogP contribution >= 0.6 is 0 Å². The third-order valence-corrected chi connectivity index (χ3v) is 7.21. The van der Waals surface area contributed by atoms with E-state index in [1.807, 2.05) is 37.3 Å². The summed E-state index contributed by atoms with van der Waals surface area (Å²) in [7, 11) is 0. The first kappa shape index (κ1) is 21.8. The van der Waals surface area contributed by atoms with Crippen LogP contribution in [0.15, 0.2) is 48.7 Å². The van der Waals surface area contributed by atoms with E-state index in [1.165, 1.54) is 62.6 Å². The fraction of sp³-hybridized carbons (Fsp3) is 0.444. The van der Waals surface area contributed by atoms with Crippen molar-refractivity contribution >= 4 is 28.3 Å². The minimum absolute atomic E-state index is 0.273. The highest BCUT2D eigenvalue weighted by Crippen LogP contribution is 2.37. The molecule has 174 valence electrons. The number of amides is 2. The van der Waals surface area contributed by atoms with Gasteiger partial charge in [-0.1, -0.05) is 18.6 Å². The maximum absolute atomic E-state index is 12.7. The molecule has 2 fully saturated rings. The number of hydrogen-bond donors (Lipinski definition) is 3. The molecule has 2 aliphatic rings. The summed E-state index contributed by atoms with van der Waals surface area (Å²) in [5, 5.41) is 7.12. The molecule has 5 rings (SSSR count). The van der Waals surface area contributed by atoms with Crippen molar-refractivity contribution in [1.82, 2.24) is 9.88 Å². The number of nitrogens with zero attached hydrogens (tertiary/aromatic N) is 1. The summed E-state index contributed by atoms with van der Waals surface area (Å²) in [5.74, 6) is 1.23. The Kier molecular flexibility index (Phi) is 6.53. The van der Waals surface area contributed by atoms with Gasteiger partial charge in [0.2, 0.25) is 0 Å². The summed E-state index contributed by atoms with van der Waals surface area (Å²) < 4.78 is 5.61. The number of anilines is 2. The van der Waals surface area contributed by atoms with Crippen molar-refractivity contribution in [3.63, 3.8) is 0 Å². The van der Waals surface area contributed by atoms with E-state index in [2.05, 4.69) is 38.8 Å². The van der Waals surface area contributed by atoms with Crippen LogP contribution < -0.4 is 15.4 Å². The third-order valence-electron chi connectivity index (χ3n) is 7.21. The quantitative estimate of drug-likeness (QED) is 0.429. The smallest absolute Gasteiger partial charge is 0.323 e. The molecule has 0 aliphatic carbocycles. The molecular formula is C27H34N4O2. The number of ether oxygens (including phenoxy) is 1. The minimum atomic E-state index is -0.273. The number of aromatic nitrogens is 1. The minimum Gasteiger partial charge on any atom is -0.492 e. The molecular weight excluding hydrogens is 412 g/mol. The standard InChI is InChI=1S/C27H34N4O2/c1-2-33-26-9-4-3-8-25(26)30-27(32)29-20-11-13-24-22(17-20)23(18-28-24)19-10-12-21-7-5-6-15-31(21)16-14-19/h3-4,8-9,11,13,17-19,21,28H,2,5-7,10,12,14-16H2,1H3,(H2,29,30,32). The number of rotatable bonds is 5. The van der Waals surface area contributed by atoms with Gasteiger partial charge in [0.15, 0.2) is 0 Å². The molecule has 3 aromatic rings. The Hall–Kier alpha value is -2.99. The van der Waals surface area contributed by atoms with Crippen LogP contribution in [0, 0.1) is 0 Å². The van der Waals surface area contributed by atoms with E-state index in [-0.39, 0.29) is 6.03 Å². The second kappa shape index (κ2) is 9.87. The van der Waals surface area contributed by atoms with Crippen molar-refractivity contribution in [3.05, 3.63) is 54.2 Å². The first-order valence-electron chi connectivity index (χ1n) is 12.4. The van der Waals surface area contributed by atoms with Gasteiger partial charge in [-0.25, -0.2) is 4.79 Å². The lowest BCUT2D eigenvalue weighted by molar-refractivity contribution is 0.151. The van der Waals surface area contributed by atoms with Crippen molar-refractivity contribution in [2.75, 3.05) is 30.3 Å². The van der Waals surface area contributed by atoms with Crippen molar-refractivity contribution < 1.29 is 9.53 Å². The van der Waals surface area contributed by atoms with E-state index in [1.54, 1.807) is 0 Å². The summed E-state index contributed by atoms with van der Waals surface area (Å²) in [6.07, 6.45) is 10.00. The largest absolute Gasteiger partial charge is 0.492 e. The number of hydrogen-bond acceptors (Lipinski definition) is 3. The Balaban J connectivity index is 1.31. The second-order valence-electron chi connectivity index (χ2n) is 9.26. The fourth-order valence-electron chi connectivity index (χ4n) is 5.55. The van der Waals surface area contributed by atoms with Gasteiger partial charge in [-0.2, -0.15) is 0 Å². The highest BCUT2D eigenvalue weighted by molar-refractivity contribution is 6.02. The lowest BCUT2D eigenvalue weighted by Crippen LogP contribution is -2.38. The van der Waals surface area contributed by atoms with E-state index in [0.717, 1.165) is 17.2 Å². The molecule has 33 heavy (non-hydrogen) atoms. The zero-order chi connectivity index (χ0) is 22.6. The number of benzene rings is 2. The predicted octanol–water partition coefficient (Wildman–Crippen LogP) is 6.33. The highest BCUT2D eigenvalue weighted by atomic mass is 16.5. The summed E-state index contributed by atoms with van der Waals surface area (Å²) in [6.45, 7) is 4.94. The average Bonchev–Trinajstić information content (AvgIpc) is 3.12. The van der Waals surface area contributed by atoms with Crippen LogP contribution in [0.2, 0.25) is 0 Å². The van der Waals surface area contributed by atoms with E-state index in [9.17, 15) is 4.79 Å². The van der Waals surface area contributed by atoms with Gasteiger partial charge < -0.3 is 25.3 Å². The zero-order valence-corrected chi connectivity index (χ0v) is 19.4. The van der Waals surface area contributed by atoms with Crippen molar-refractivity contribution in [1.29, 1.82) is 0 Å². The molecule has 0 bridgehead atoms. The van der Waals surface area contributed by atoms with Crippen LogP contribution in [0.1, 0.15) is 56.9 Å². The number of nitrogens with one attached hydrogen (secondary N) is 3. The van der Waals surface area contributed by atoms with E-state index in [0.29, 0.717) is 24.0 Å². The molecule has 1 aromatic heterocycles. The Labute approximate surface area is 195 Å². The summed E-state index contributed by atoms with van der Waals surface area (Å²) in [6, 6.07) is 14.1. The van der Waals surface area contributed by atoms with Gasteiger partial charge in [0.1, 0.15) is 5.75 Å². The normalized spacial score (nSPS) is 21.2. The third kappa shape index (κ3) is 4.86. The Morgan fingerprint density at radius 1 is 1.06 bits per heavy atom. The zero-order valence-electron chi connectivity index (χ0n) is 19.4. The topological polar surface area (TPSA) is 69.4 Å². The monoisotopic (exact) mass is 446 g/mol. The number of para-hydroxylation sites is 2. The van der Waals surface area contributed by atoms with Crippen LogP contribution in [0.25, 0.3) is 10.9 Å². The SMILES string of the molecule is CCOc1ccccc1NC(=O)Nc1ccc2[nH]cc(C3CCC4CCCCN4CC3)c2c1. The van der Waals surface area contributed by atoms with Gasteiger partial charge in [-0.05, 0) is 93.9 Å². The lowest BCUT2D eigenvalue weighted by Gasteiger charge is -2.33. The predicted molar refractivity (Wildman–Crippen MR) is 134 cm³/mol. The summed E-state index contributed by atoms with van der Waals surface area (Å²) in [5.41, 5.74) is 3.96. The first-order valence-corrected chi connectivity index (χ1v) is 12.4. The molecule has 2 saturated heterocycles. The number of carbonyl (C=O) groups excluding carboxylic acids is 1. The van der Waals surface area contributed by atoms with Crippen molar-refractivity contribution in [3.8, 4) is 5.75 Å². The van der Waals surface area contributed by atoms with E-state index < -0.39 is 0 Å². The van der Waals surface area contributed by atoms with Crippen LogP contribution in [0.5, 0.6) is 5.75 Å². The number of fused-ring (bicyclic) bond motifs is 2. The molecule has 2 unspecified atom stereocenters. The average molecular weight is 447 g/mol. The number of urea groups is 1. The molecule has 0 spiro atoms. The van der Waals surface area contributed by atoms with Gasteiger partial charge in [0.05, 0.1) is 12.3 Å². The molecule has 2 atom stereocenters. The van der Waals surface area contributed by atoms with Crippen molar-refractivity contribution in [2.45, 2.75) is 57.4 Å². The fourth-order valence-corrected chi connectivity index (χ4v) is 5.55. The molecule has 2 amide bonds. The number of aromatic amines is 1. The first-order chi connectivity index (χ1) is 16.2. The van der Waals surface area contributed by atoms with Gasteiger partial charge in [0.25, 0.3) is 0 Å². The number of H-pyrrole nitrogens is 1. The molecule has 0 saturated carbocycles. The van der Waals surface area contributed by atoms with Gasteiger partial charge >= 0.3 is 6.03 Å². The van der Waals surface area contributed by atoms with Crippen molar-refractivity contribution in [2.24, 2.45) is 0 Å². The van der Waals surface area contributed by atoms with Crippen LogP contribution in [0.4, 0.5) is 16.2 Å². The van der Waals surface area contributed by atoms with Crippen LogP contribution in [0.3, 0.4) is 0 Å².